The molecule has 1 nitrogen and oxygen atoms in total. The van der Waals surface area contributed by atoms with Gasteiger partial charge in [-0.25, -0.2) is 0 Å². The molecule has 0 radical (unpaired) electrons. The van der Waals surface area contributed by atoms with Gasteiger partial charge in [-0.3, -0.25) is 0 Å². The van der Waals surface area contributed by atoms with Gasteiger partial charge < -0.3 is 5.11 Å². The van der Waals surface area contributed by atoms with Gasteiger partial charge in [0.25, 0.3) is 0 Å². The number of hydrogen-bond acceptors (Lipinski definition) is 1. The first-order valence-corrected chi connectivity index (χ1v) is 7.49. The number of benzene rings is 2. The second kappa shape index (κ2) is 6.57. The van der Waals surface area contributed by atoms with E-state index in [9.17, 15) is 35.8 Å². The zero-order valence-electron chi connectivity index (χ0n) is 13.5. The fourth-order valence-corrected chi connectivity index (χ4v) is 2.51. The topological polar surface area (TPSA) is 20.2 Å². The third-order valence-corrected chi connectivity index (χ3v) is 4.00. The zero-order chi connectivity index (χ0) is 19.8. The van der Waals surface area contributed by atoms with Crippen LogP contribution in [-0.2, 0) is 5.60 Å². The molecule has 0 aliphatic rings. The summed E-state index contributed by atoms with van der Waals surface area (Å²) in [4.78, 5) is 0. The van der Waals surface area contributed by atoms with Crippen LogP contribution in [0.25, 0.3) is 11.1 Å². The first-order chi connectivity index (χ1) is 11.8. The van der Waals surface area contributed by atoms with Gasteiger partial charge in [0.05, 0.1) is 12.0 Å². The largest absolute Gasteiger partial charge is 0.459 e. The number of halogens is 7. The summed E-state index contributed by atoms with van der Waals surface area (Å²) in [7, 11) is 0. The summed E-state index contributed by atoms with van der Waals surface area (Å²) in [6.45, 7) is 0.769. The lowest BCUT2D eigenvalue weighted by molar-refractivity contribution is -0.361. The summed E-state index contributed by atoms with van der Waals surface area (Å²) < 4.78 is 90.0. The maximum absolute atomic E-state index is 13.6. The standard InChI is InChI=1S/C18H15F7O/c1-15(26,11-16(19,20)17(21,22)18(23,24)25)14-9-7-13(8-10-14)12-5-3-2-4-6-12/h2-10,26H,11H2,1H3. The van der Waals surface area contributed by atoms with Crippen molar-refractivity contribution in [1.29, 1.82) is 0 Å². The molecular formula is C18H15F7O. The molecule has 0 bridgehead atoms. The molecule has 2 aromatic carbocycles. The van der Waals surface area contributed by atoms with Gasteiger partial charge in [0.1, 0.15) is 0 Å². The van der Waals surface area contributed by atoms with Crippen molar-refractivity contribution < 1.29 is 35.8 Å². The molecule has 0 heterocycles. The van der Waals surface area contributed by atoms with Gasteiger partial charge in [-0.15, -0.1) is 0 Å². The van der Waals surface area contributed by atoms with Gasteiger partial charge in [0.2, 0.25) is 0 Å². The van der Waals surface area contributed by atoms with Gasteiger partial charge in [-0.2, -0.15) is 30.7 Å². The monoisotopic (exact) mass is 380 g/mol. The molecule has 0 spiro atoms. The normalized spacial score (nSPS) is 15.6. The first kappa shape index (κ1) is 20.2. The summed E-state index contributed by atoms with van der Waals surface area (Å²) in [5.74, 6) is -11.7. The average molecular weight is 380 g/mol. The van der Waals surface area contributed by atoms with E-state index in [4.69, 9.17) is 0 Å². The molecule has 1 unspecified atom stereocenters. The van der Waals surface area contributed by atoms with Crippen LogP contribution in [0.3, 0.4) is 0 Å². The van der Waals surface area contributed by atoms with Gasteiger partial charge in [-0.1, -0.05) is 54.6 Å². The van der Waals surface area contributed by atoms with Crippen LogP contribution in [0.15, 0.2) is 54.6 Å². The van der Waals surface area contributed by atoms with Crippen molar-refractivity contribution in [2.75, 3.05) is 0 Å². The zero-order valence-corrected chi connectivity index (χ0v) is 13.5. The number of alkyl halides is 7. The summed E-state index contributed by atoms with van der Waals surface area (Å²) in [5, 5.41) is 10.1. The molecule has 26 heavy (non-hydrogen) atoms. The van der Waals surface area contributed by atoms with Crippen LogP contribution in [-0.4, -0.2) is 23.1 Å². The highest BCUT2D eigenvalue weighted by Crippen LogP contribution is 2.50. The molecule has 0 aliphatic carbocycles. The van der Waals surface area contributed by atoms with Crippen molar-refractivity contribution in [3.05, 3.63) is 60.2 Å². The van der Waals surface area contributed by atoms with Gasteiger partial charge in [0, 0.05) is 0 Å². The molecule has 0 saturated heterocycles. The van der Waals surface area contributed by atoms with Crippen LogP contribution < -0.4 is 0 Å². The Bertz CT molecular complexity index is 734. The second-order valence-corrected chi connectivity index (χ2v) is 6.17. The van der Waals surface area contributed by atoms with Crippen molar-refractivity contribution >= 4 is 0 Å². The molecule has 2 aromatic rings. The van der Waals surface area contributed by atoms with Crippen LogP contribution >= 0.6 is 0 Å². The predicted octanol–water partition coefficient (Wildman–Crippen LogP) is 5.78. The Labute approximate surface area is 145 Å². The SMILES string of the molecule is CC(O)(CC(F)(F)C(F)(F)C(F)(F)F)c1ccc(-c2ccccc2)cc1. The Hall–Kier alpha value is -2.09. The van der Waals surface area contributed by atoms with Crippen LogP contribution in [0.2, 0.25) is 0 Å². The van der Waals surface area contributed by atoms with Crippen molar-refractivity contribution in [1.82, 2.24) is 0 Å². The minimum absolute atomic E-state index is 0.199. The molecule has 0 saturated carbocycles. The molecule has 0 amide bonds. The third-order valence-electron chi connectivity index (χ3n) is 4.00. The van der Waals surface area contributed by atoms with Crippen LogP contribution in [0, 0.1) is 0 Å². The minimum atomic E-state index is -6.43. The van der Waals surface area contributed by atoms with Crippen LogP contribution in [0.5, 0.6) is 0 Å². The molecule has 8 heteroatoms. The van der Waals surface area contributed by atoms with Crippen LogP contribution in [0.4, 0.5) is 30.7 Å². The van der Waals surface area contributed by atoms with Gasteiger partial charge in [0.15, 0.2) is 0 Å². The van der Waals surface area contributed by atoms with Gasteiger partial charge in [-0.05, 0) is 23.6 Å². The second-order valence-electron chi connectivity index (χ2n) is 6.17. The summed E-state index contributed by atoms with van der Waals surface area (Å²) in [6, 6.07) is 14.2. The molecule has 0 aromatic heterocycles. The predicted molar refractivity (Wildman–Crippen MR) is 82.0 cm³/mol. The highest BCUT2D eigenvalue weighted by molar-refractivity contribution is 5.63. The van der Waals surface area contributed by atoms with Crippen molar-refractivity contribution in [3.63, 3.8) is 0 Å². The molecule has 0 fully saturated rings. The van der Waals surface area contributed by atoms with Crippen molar-refractivity contribution in [2.45, 2.75) is 37.0 Å². The maximum atomic E-state index is 13.6. The quantitative estimate of drug-likeness (QED) is 0.652. The molecular weight excluding hydrogens is 365 g/mol. The molecule has 1 atom stereocenters. The Balaban J connectivity index is 2.27. The van der Waals surface area contributed by atoms with Crippen molar-refractivity contribution in [3.8, 4) is 11.1 Å². The lowest BCUT2D eigenvalue weighted by Gasteiger charge is -2.34. The van der Waals surface area contributed by atoms with E-state index in [1.54, 1.807) is 30.3 Å². The average Bonchev–Trinajstić information content (AvgIpc) is 2.53. The van der Waals surface area contributed by atoms with E-state index < -0.39 is 30.0 Å². The van der Waals surface area contributed by atoms with Gasteiger partial charge >= 0.3 is 18.0 Å². The van der Waals surface area contributed by atoms with E-state index in [1.807, 2.05) is 0 Å². The fourth-order valence-electron chi connectivity index (χ4n) is 2.51. The first-order valence-electron chi connectivity index (χ1n) is 7.49. The molecule has 2 rings (SSSR count). The summed E-state index contributed by atoms with van der Waals surface area (Å²) in [6.07, 6.45) is -8.51. The summed E-state index contributed by atoms with van der Waals surface area (Å²) in [5.41, 5.74) is -1.34. The van der Waals surface area contributed by atoms with Crippen molar-refractivity contribution in [2.24, 2.45) is 0 Å². The lowest BCUT2D eigenvalue weighted by Crippen LogP contribution is -2.54. The van der Waals surface area contributed by atoms with E-state index >= 15 is 0 Å². The Morgan fingerprint density at radius 2 is 1.19 bits per heavy atom. The Morgan fingerprint density at radius 1 is 0.731 bits per heavy atom. The van der Waals surface area contributed by atoms with E-state index in [-0.39, 0.29) is 5.56 Å². The number of aliphatic hydroxyl groups is 1. The van der Waals surface area contributed by atoms with Crippen LogP contribution in [0.1, 0.15) is 18.9 Å². The smallest absolute Gasteiger partial charge is 0.385 e. The molecule has 0 aliphatic heterocycles. The highest BCUT2D eigenvalue weighted by atomic mass is 19.4. The number of hydrogen-bond donors (Lipinski definition) is 1. The fraction of sp³-hybridized carbons (Fsp3) is 0.333. The lowest BCUT2D eigenvalue weighted by atomic mass is 9.86. The van der Waals surface area contributed by atoms with E-state index in [0.717, 1.165) is 12.5 Å². The molecule has 1 N–H and O–H groups in total. The third kappa shape index (κ3) is 3.85. The molecule has 142 valence electrons. The Kier molecular flexibility index (Phi) is 5.11. The van der Waals surface area contributed by atoms with E-state index in [0.29, 0.717) is 5.56 Å². The van der Waals surface area contributed by atoms with E-state index in [1.165, 1.54) is 24.3 Å². The maximum Gasteiger partial charge on any atom is 0.459 e. The minimum Gasteiger partial charge on any atom is -0.385 e. The number of rotatable bonds is 5. The summed E-state index contributed by atoms with van der Waals surface area (Å²) >= 11 is 0. The van der Waals surface area contributed by atoms with E-state index in [2.05, 4.69) is 0 Å². The Morgan fingerprint density at radius 3 is 1.65 bits per heavy atom. The highest BCUT2D eigenvalue weighted by Gasteiger charge is 2.73.